The molecule has 0 aliphatic carbocycles. The van der Waals surface area contributed by atoms with E-state index in [1.54, 1.807) is 0 Å². The maximum atomic E-state index is 15.2. The molecule has 1 aromatic carbocycles. The highest BCUT2D eigenvalue weighted by atomic mass is 19.1. The van der Waals surface area contributed by atoms with Gasteiger partial charge in [0.05, 0.1) is 17.6 Å². The van der Waals surface area contributed by atoms with Gasteiger partial charge in [0.1, 0.15) is 5.82 Å². The van der Waals surface area contributed by atoms with Crippen molar-refractivity contribution in [3.8, 4) is 0 Å². The lowest BCUT2D eigenvalue weighted by atomic mass is 10.0. The van der Waals surface area contributed by atoms with Gasteiger partial charge in [0.15, 0.2) is 0 Å². The van der Waals surface area contributed by atoms with Crippen LogP contribution in [0, 0.1) is 31.5 Å². The largest absolute Gasteiger partial charge is 0.369 e. The summed E-state index contributed by atoms with van der Waals surface area (Å²) < 4.78 is 15.2. The summed E-state index contributed by atoms with van der Waals surface area (Å²) in [5.74, 6) is -0.207. The van der Waals surface area contributed by atoms with Crippen molar-refractivity contribution in [2.45, 2.75) is 20.3 Å². The number of benzene rings is 1. The van der Waals surface area contributed by atoms with Gasteiger partial charge in [-0.1, -0.05) is 6.58 Å². The van der Waals surface area contributed by atoms with E-state index in [0.29, 0.717) is 49.3 Å². The van der Waals surface area contributed by atoms with Crippen molar-refractivity contribution in [2.75, 3.05) is 31.1 Å². The number of nitrogens with one attached hydrogen (secondary N) is 1. The molecule has 2 aliphatic rings. The number of likely N-dealkylation sites (tertiary alicyclic amines) is 1. The molecular formula is C21H25FN4O2. The lowest BCUT2D eigenvalue weighted by molar-refractivity contribution is -0.125. The molecule has 7 heteroatoms. The number of hydrogen-bond donors (Lipinski definition) is 2. The third-order valence-electron chi connectivity index (χ3n) is 6.24. The Labute approximate surface area is 163 Å². The number of aromatic amines is 1. The van der Waals surface area contributed by atoms with Gasteiger partial charge in [-0.2, -0.15) is 0 Å². The van der Waals surface area contributed by atoms with Crippen LogP contribution < -0.4 is 10.6 Å². The minimum atomic E-state index is -0.485. The van der Waals surface area contributed by atoms with E-state index in [1.807, 2.05) is 18.7 Å². The van der Waals surface area contributed by atoms with E-state index in [2.05, 4.69) is 16.5 Å². The number of carbonyl (C=O) groups is 2. The van der Waals surface area contributed by atoms with Gasteiger partial charge >= 0.3 is 0 Å². The van der Waals surface area contributed by atoms with Crippen LogP contribution in [0.25, 0.3) is 10.9 Å². The summed E-state index contributed by atoms with van der Waals surface area (Å²) in [6.45, 7) is 10.2. The SMILES string of the molecule is C=CC(=O)N1C[C@@H]2CN(c3c(F)cc(CC(N)=O)c4[nH]c(C)c(C)c34)C[C@@H]2C1. The van der Waals surface area contributed by atoms with Crippen molar-refractivity contribution in [1.82, 2.24) is 9.88 Å². The molecule has 2 atom stereocenters. The van der Waals surface area contributed by atoms with Crippen LogP contribution in [0.3, 0.4) is 0 Å². The van der Waals surface area contributed by atoms with Crippen LogP contribution >= 0.6 is 0 Å². The van der Waals surface area contributed by atoms with Gasteiger partial charge in [0.25, 0.3) is 0 Å². The highest BCUT2D eigenvalue weighted by molar-refractivity contribution is 6.00. The third-order valence-corrected chi connectivity index (χ3v) is 6.24. The second kappa shape index (κ2) is 6.65. The second-order valence-electron chi connectivity index (χ2n) is 8.01. The molecule has 0 bridgehead atoms. The number of hydrogen-bond acceptors (Lipinski definition) is 3. The lowest BCUT2D eigenvalue weighted by Crippen LogP contribution is -2.32. The first-order valence-electron chi connectivity index (χ1n) is 9.55. The van der Waals surface area contributed by atoms with Crippen LogP contribution in [0.2, 0.25) is 0 Å². The van der Waals surface area contributed by atoms with E-state index in [1.165, 1.54) is 12.1 Å². The third kappa shape index (κ3) is 2.85. The van der Waals surface area contributed by atoms with E-state index in [0.717, 1.165) is 22.2 Å². The smallest absolute Gasteiger partial charge is 0.245 e. The predicted molar refractivity (Wildman–Crippen MR) is 107 cm³/mol. The summed E-state index contributed by atoms with van der Waals surface area (Å²) in [5, 5.41) is 0.827. The second-order valence-corrected chi connectivity index (χ2v) is 8.01. The van der Waals surface area contributed by atoms with Crippen LogP contribution in [-0.4, -0.2) is 47.9 Å². The molecule has 0 saturated carbocycles. The molecule has 2 aliphatic heterocycles. The average Bonchev–Trinajstić information content (AvgIpc) is 3.27. The highest BCUT2D eigenvalue weighted by Crippen LogP contribution is 2.41. The molecule has 28 heavy (non-hydrogen) atoms. The molecule has 3 N–H and O–H groups in total. The summed E-state index contributed by atoms with van der Waals surface area (Å²) >= 11 is 0. The molecule has 148 valence electrons. The zero-order valence-corrected chi connectivity index (χ0v) is 16.2. The van der Waals surface area contributed by atoms with Gasteiger partial charge in [0, 0.05) is 49.1 Å². The van der Waals surface area contributed by atoms with Crippen molar-refractivity contribution in [3.05, 3.63) is 41.4 Å². The molecule has 2 fully saturated rings. The fourth-order valence-electron chi connectivity index (χ4n) is 4.79. The maximum Gasteiger partial charge on any atom is 0.245 e. The lowest BCUT2D eigenvalue weighted by Gasteiger charge is -2.24. The number of nitrogens with zero attached hydrogens (tertiary/aromatic N) is 2. The van der Waals surface area contributed by atoms with Gasteiger partial charge in [-0.15, -0.1) is 0 Å². The molecular weight excluding hydrogens is 359 g/mol. The molecule has 2 saturated heterocycles. The number of halogens is 1. The van der Waals surface area contributed by atoms with Gasteiger partial charge in [-0.3, -0.25) is 9.59 Å². The number of aryl methyl sites for hydroxylation is 2. The van der Waals surface area contributed by atoms with Crippen LogP contribution in [-0.2, 0) is 16.0 Å². The van der Waals surface area contributed by atoms with Gasteiger partial charge in [-0.25, -0.2) is 4.39 Å². The predicted octanol–water partition coefficient (Wildman–Crippen LogP) is 2.03. The van der Waals surface area contributed by atoms with Crippen molar-refractivity contribution >= 4 is 28.4 Å². The van der Waals surface area contributed by atoms with Crippen LogP contribution in [0.1, 0.15) is 16.8 Å². The first-order chi connectivity index (χ1) is 13.3. The first kappa shape index (κ1) is 18.5. The molecule has 4 rings (SSSR count). The van der Waals surface area contributed by atoms with E-state index >= 15 is 4.39 Å². The Kier molecular flexibility index (Phi) is 4.40. The zero-order valence-electron chi connectivity index (χ0n) is 16.2. The van der Waals surface area contributed by atoms with Crippen LogP contribution in [0.15, 0.2) is 18.7 Å². The Bertz CT molecular complexity index is 982. The standard InChI is InChI=1S/C21H25FN4O2/c1-4-18(28)25-7-14-9-26(10-15(14)8-25)21-16(22)5-13(6-17(23)27)20-19(21)11(2)12(3)24-20/h4-5,14-15,24H,1,6-10H2,2-3H3,(H2,23,27)/t14-,15+. The van der Waals surface area contributed by atoms with Gasteiger partial charge in [0.2, 0.25) is 11.8 Å². The van der Waals surface area contributed by atoms with Crippen molar-refractivity contribution in [3.63, 3.8) is 0 Å². The molecule has 2 aromatic rings. The topological polar surface area (TPSA) is 82.4 Å². The van der Waals surface area contributed by atoms with Gasteiger partial charge < -0.3 is 20.5 Å². The Hall–Kier alpha value is -2.83. The number of H-pyrrole nitrogens is 1. The monoisotopic (exact) mass is 384 g/mol. The number of rotatable bonds is 4. The summed E-state index contributed by atoms with van der Waals surface area (Å²) in [6, 6.07) is 1.43. The highest BCUT2D eigenvalue weighted by Gasteiger charge is 2.42. The molecule has 2 amide bonds. The minimum absolute atomic E-state index is 0.00301. The first-order valence-corrected chi connectivity index (χ1v) is 9.55. The van der Waals surface area contributed by atoms with Crippen molar-refractivity contribution in [2.24, 2.45) is 17.6 Å². The summed E-state index contributed by atoms with van der Waals surface area (Å²) in [4.78, 5) is 30.6. The average molecular weight is 384 g/mol. The molecule has 6 nitrogen and oxygen atoms in total. The number of amides is 2. The summed E-state index contributed by atoms with van der Waals surface area (Å²) in [6.07, 6.45) is 1.35. The van der Waals surface area contributed by atoms with E-state index in [9.17, 15) is 9.59 Å². The fraction of sp³-hybridized carbons (Fsp3) is 0.429. The summed E-state index contributed by atoms with van der Waals surface area (Å²) in [5.41, 5.74) is 9.24. The normalized spacial score (nSPS) is 21.4. The van der Waals surface area contributed by atoms with Crippen molar-refractivity contribution < 1.29 is 14.0 Å². The summed E-state index contributed by atoms with van der Waals surface area (Å²) in [7, 11) is 0. The number of carbonyl (C=O) groups excluding carboxylic acids is 2. The van der Waals surface area contributed by atoms with Crippen LogP contribution in [0.4, 0.5) is 10.1 Å². The fourth-order valence-corrected chi connectivity index (χ4v) is 4.79. The van der Waals surface area contributed by atoms with Crippen molar-refractivity contribution in [1.29, 1.82) is 0 Å². The number of fused-ring (bicyclic) bond motifs is 2. The number of nitrogens with two attached hydrogens (primary N) is 1. The van der Waals surface area contributed by atoms with Crippen LogP contribution in [0.5, 0.6) is 0 Å². The Morgan fingerprint density at radius 3 is 2.50 bits per heavy atom. The molecule has 1 aromatic heterocycles. The Morgan fingerprint density at radius 1 is 1.29 bits per heavy atom. The molecule has 0 radical (unpaired) electrons. The Balaban J connectivity index is 1.71. The molecule has 0 spiro atoms. The van der Waals surface area contributed by atoms with Gasteiger partial charge in [-0.05, 0) is 37.1 Å². The maximum absolute atomic E-state index is 15.2. The van der Waals surface area contributed by atoms with E-state index in [4.69, 9.17) is 5.73 Å². The number of anilines is 1. The number of primary amides is 1. The molecule has 3 heterocycles. The zero-order chi connectivity index (χ0) is 20.2. The number of aromatic nitrogens is 1. The quantitative estimate of drug-likeness (QED) is 0.792. The Morgan fingerprint density at radius 2 is 1.93 bits per heavy atom. The molecule has 0 unspecified atom stereocenters. The minimum Gasteiger partial charge on any atom is -0.369 e. The van der Waals surface area contributed by atoms with E-state index < -0.39 is 5.91 Å². The van der Waals surface area contributed by atoms with E-state index in [-0.39, 0.29) is 18.1 Å².